The van der Waals surface area contributed by atoms with Crippen molar-refractivity contribution in [1.82, 2.24) is 10.2 Å². The third kappa shape index (κ3) is 3.68. The van der Waals surface area contributed by atoms with Gasteiger partial charge in [0.05, 0.1) is 7.11 Å². The van der Waals surface area contributed by atoms with E-state index in [1.807, 2.05) is 0 Å². The Morgan fingerprint density at radius 1 is 1.38 bits per heavy atom. The van der Waals surface area contributed by atoms with Gasteiger partial charge in [-0.1, -0.05) is 11.6 Å². The second-order valence-electron chi connectivity index (χ2n) is 6.13. The number of hydrogen-bond donors (Lipinski definition) is 1. The van der Waals surface area contributed by atoms with Crippen LogP contribution in [0.1, 0.15) is 18.4 Å². The molecule has 1 aromatic carbocycles. The van der Waals surface area contributed by atoms with Crippen LogP contribution in [-0.4, -0.2) is 57.5 Å². The number of sulfone groups is 1. The average molecular weight is 375 g/mol. The Kier molecular flexibility index (Phi) is 5.78. The van der Waals surface area contributed by atoms with E-state index in [4.69, 9.17) is 16.3 Å². The Morgan fingerprint density at radius 2 is 2.00 bits per heavy atom. The first-order valence-electron chi connectivity index (χ1n) is 7.69. The molecule has 1 aliphatic heterocycles. The summed E-state index contributed by atoms with van der Waals surface area (Å²) in [4.78, 5) is 14.4. The van der Waals surface area contributed by atoms with E-state index in [2.05, 4.69) is 5.32 Å². The van der Waals surface area contributed by atoms with Crippen molar-refractivity contribution in [3.05, 3.63) is 28.8 Å². The number of carbonyl (C=O) groups is 1. The van der Waals surface area contributed by atoms with Gasteiger partial charge in [0.1, 0.15) is 5.75 Å². The van der Waals surface area contributed by atoms with Gasteiger partial charge in [0.2, 0.25) is 5.91 Å². The quantitative estimate of drug-likeness (QED) is 0.844. The van der Waals surface area contributed by atoms with E-state index in [9.17, 15) is 13.2 Å². The second-order valence-corrected chi connectivity index (χ2v) is 8.90. The lowest BCUT2D eigenvalue weighted by Crippen LogP contribution is -2.57. The van der Waals surface area contributed by atoms with Gasteiger partial charge in [-0.2, -0.15) is 0 Å². The molecule has 0 saturated carbocycles. The van der Waals surface area contributed by atoms with E-state index in [0.717, 1.165) is 11.8 Å². The molecule has 1 N–H and O–H groups in total. The Balaban J connectivity index is 2.29. The van der Waals surface area contributed by atoms with Crippen LogP contribution < -0.4 is 10.1 Å². The predicted molar refractivity (Wildman–Crippen MR) is 94.2 cm³/mol. The molecule has 1 aliphatic rings. The van der Waals surface area contributed by atoms with E-state index in [1.54, 1.807) is 32.4 Å². The lowest BCUT2D eigenvalue weighted by Gasteiger charge is -2.37. The van der Waals surface area contributed by atoms with Gasteiger partial charge in [0.25, 0.3) is 0 Å². The van der Waals surface area contributed by atoms with Crippen LogP contribution in [-0.2, 0) is 21.2 Å². The van der Waals surface area contributed by atoms with Gasteiger partial charge in [0.15, 0.2) is 14.6 Å². The van der Waals surface area contributed by atoms with E-state index >= 15 is 0 Å². The van der Waals surface area contributed by atoms with Gasteiger partial charge >= 0.3 is 0 Å². The molecule has 134 valence electrons. The predicted octanol–water partition coefficient (Wildman–Crippen LogP) is 1.47. The number of halogens is 1. The molecule has 1 aromatic rings. The number of nitrogens with zero attached hydrogens (tertiary/aromatic N) is 1. The molecule has 2 rings (SSSR count). The van der Waals surface area contributed by atoms with Crippen LogP contribution in [0.25, 0.3) is 0 Å². The molecule has 24 heavy (non-hydrogen) atoms. The maximum Gasteiger partial charge on any atom is 0.244 e. The summed E-state index contributed by atoms with van der Waals surface area (Å²) in [6, 6.07) is 5.16. The first kappa shape index (κ1) is 19.0. The lowest BCUT2D eigenvalue weighted by molar-refractivity contribution is -0.134. The van der Waals surface area contributed by atoms with Gasteiger partial charge in [-0.15, -0.1) is 0 Å². The SMILES string of the molecule is COc1ccc(Cl)cc1CN(C)C(=O)C1(S(C)(=O)=O)CCNCC1. The Bertz CT molecular complexity index is 715. The molecule has 8 heteroatoms. The summed E-state index contributed by atoms with van der Waals surface area (Å²) >= 11 is 6.02. The fourth-order valence-corrected chi connectivity index (χ4v) is 4.73. The molecule has 1 fully saturated rings. The molecule has 0 aromatic heterocycles. The smallest absolute Gasteiger partial charge is 0.244 e. The maximum atomic E-state index is 13.0. The second kappa shape index (κ2) is 7.29. The maximum absolute atomic E-state index is 13.0. The largest absolute Gasteiger partial charge is 0.496 e. The molecule has 0 unspecified atom stereocenters. The normalized spacial score (nSPS) is 17.3. The number of carbonyl (C=O) groups excluding carboxylic acids is 1. The molecular formula is C16H23ClN2O4S. The number of methoxy groups -OCH3 is 1. The fraction of sp³-hybridized carbons (Fsp3) is 0.562. The van der Waals surface area contributed by atoms with Crippen LogP contribution in [0.4, 0.5) is 0 Å². The first-order chi connectivity index (χ1) is 11.2. The number of benzene rings is 1. The minimum Gasteiger partial charge on any atom is -0.496 e. The number of amides is 1. The van der Waals surface area contributed by atoms with E-state index in [1.165, 1.54) is 4.90 Å². The molecule has 0 bridgehead atoms. The van der Waals surface area contributed by atoms with Crippen molar-refractivity contribution >= 4 is 27.3 Å². The summed E-state index contributed by atoms with van der Waals surface area (Å²) in [5, 5.41) is 3.64. The average Bonchev–Trinajstić information content (AvgIpc) is 2.54. The van der Waals surface area contributed by atoms with Crippen molar-refractivity contribution in [2.24, 2.45) is 0 Å². The van der Waals surface area contributed by atoms with Crippen LogP contribution in [0.2, 0.25) is 5.02 Å². The van der Waals surface area contributed by atoms with Crippen LogP contribution in [0.15, 0.2) is 18.2 Å². The monoisotopic (exact) mass is 374 g/mol. The van der Waals surface area contributed by atoms with Crippen molar-refractivity contribution in [2.45, 2.75) is 24.1 Å². The Morgan fingerprint density at radius 3 is 2.54 bits per heavy atom. The Labute approximate surface area is 148 Å². The molecule has 6 nitrogen and oxygen atoms in total. The zero-order chi connectivity index (χ0) is 18.0. The van der Waals surface area contributed by atoms with Crippen molar-refractivity contribution in [1.29, 1.82) is 0 Å². The number of piperidine rings is 1. The van der Waals surface area contributed by atoms with E-state index < -0.39 is 14.6 Å². The zero-order valence-corrected chi connectivity index (χ0v) is 15.7. The van der Waals surface area contributed by atoms with Gasteiger partial charge in [0, 0.05) is 30.4 Å². The molecule has 1 saturated heterocycles. The third-order valence-corrected chi connectivity index (χ3v) is 6.74. The number of nitrogens with one attached hydrogen (secondary N) is 1. The summed E-state index contributed by atoms with van der Waals surface area (Å²) in [5.74, 6) is 0.228. The standard InChI is InChI=1S/C16H23ClN2O4S/c1-19(11-12-10-13(17)4-5-14(12)23-2)15(20)16(24(3,21)22)6-8-18-9-7-16/h4-5,10,18H,6-9,11H2,1-3H3. The summed E-state index contributed by atoms with van der Waals surface area (Å²) in [7, 11) is -0.387. The van der Waals surface area contributed by atoms with Crippen molar-refractivity contribution < 1.29 is 17.9 Å². The zero-order valence-electron chi connectivity index (χ0n) is 14.1. The van der Waals surface area contributed by atoms with Gasteiger partial charge < -0.3 is 15.0 Å². The van der Waals surface area contributed by atoms with E-state index in [0.29, 0.717) is 23.9 Å². The minimum atomic E-state index is -3.54. The summed E-state index contributed by atoms with van der Waals surface area (Å²) in [6.07, 6.45) is 1.70. The fourth-order valence-electron chi connectivity index (χ4n) is 3.12. The third-order valence-electron chi connectivity index (χ3n) is 4.51. The molecule has 0 aliphatic carbocycles. The molecule has 1 amide bonds. The van der Waals surface area contributed by atoms with Gasteiger partial charge in [-0.05, 0) is 44.1 Å². The van der Waals surface area contributed by atoms with Crippen LogP contribution in [0, 0.1) is 0 Å². The van der Waals surface area contributed by atoms with Crippen molar-refractivity contribution in [3.63, 3.8) is 0 Å². The van der Waals surface area contributed by atoms with Gasteiger partial charge in [-0.25, -0.2) is 8.42 Å². The summed E-state index contributed by atoms with van der Waals surface area (Å²) in [6.45, 7) is 1.24. The number of rotatable bonds is 5. The van der Waals surface area contributed by atoms with Crippen LogP contribution in [0.5, 0.6) is 5.75 Å². The highest BCUT2D eigenvalue weighted by Crippen LogP contribution is 2.31. The molecule has 0 radical (unpaired) electrons. The van der Waals surface area contributed by atoms with Crippen molar-refractivity contribution in [2.75, 3.05) is 33.5 Å². The number of ether oxygens (including phenoxy) is 1. The number of hydrogen-bond acceptors (Lipinski definition) is 5. The summed E-state index contributed by atoms with van der Waals surface area (Å²) < 4.78 is 28.7. The molecule has 1 heterocycles. The molecule has 0 atom stereocenters. The van der Waals surface area contributed by atoms with Crippen LogP contribution in [0.3, 0.4) is 0 Å². The Hall–Kier alpha value is -1.31. The van der Waals surface area contributed by atoms with E-state index in [-0.39, 0.29) is 25.3 Å². The minimum absolute atomic E-state index is 0.229. The highest BCUT2D eigenvalue weighted by Gasteiger charge is 2.49. The summed E-state index contributed by atoms with van der Waals surface area (Å²) in [5.41, 5.74) is 0.735. The topological polar surface area (TPSA) is 75.7 Å². The molecular weight excluding hydrogens is 352 g/mol. The van der Waals surface area contributed by atoms with Gasteiger partial charge in [-0.3, -0.25) is 4.79 Å². The lowest BCUT2D eigenvalue weighted by atomic mass is 9.95. The molecule has 0 spiro atoms. The van der Waals surface area contributed by atoms with Crippen LogP contribution >= 0.6 is 11.6 Å². The highest BCUT2D eigenvalue weighted by atomic mass is 35.5. The van der Waals surface area contributed by atoms with Crippen molar-refractivity contribution in [3.8, 4) is 5.75 Å². The first-order valence-corrected chi connectivity index (χ1v) is 9.96. The highest BCUT2D eigenvalue weighted by molar-refractivity contribution is 7.92.